The number of ether oxygens (including phenoxy) is 1. The van der Waals surface area contributed by atoms with Crippen molar-refractivity contribution in [2.75, 3.05) is 6.61 Å². The van der Waals surface area contributed by atoms with E-state index < -0.39 is 0 Å². The molecule has 4 nitrogen and oxygen atoms in total. The molecule has 3 aliphatic heterocycles. The van der Waals surface area contributed by atoms with Crippen molar-refractivity contribution in [3.05, 3.63) is 23.9 Å². The van der Waals surface area contributed by atoms with Gasteiger partial charge >= 0.3 is 0 Å². The van der Waals surface area contributed by atoms with E-state index in [1.54, 1.807) is 18.7 Å². The average molecular weight is 238 g/mol. The number of halogens is 1. The molecule has 3 rings (SSSR count). The lowest BCUT2D eigenvalue weighted by molar-refractivity contribution is -0.0317. The van der Waals surface area contributed by atoms with Crippen LogP contribution in [0.4, 0.5) is 0 Å². The normalized spacial score (nSPS) is 21.4. The molecule has 3 heterocycles. The third kappa shape index (κ3) is 1.58. The monoisotopic (exact) mass is 237 g/mol. The van der Waals surface area contributed by atoms with Crippen molar-refractivity contribution in [1.29, 1.82) is 0 Å². The molecule has 0 bridgehead atoms. The van der Waals surface area contributed by atoms with Crippen LogP contribution in [0, 0.1) is 0 Å². The van der Waals surface area contributed by atoms with Crippen LogP contribution < -0.4 is 0 Å². The molecule has 84 valence electrons. The summed E-state index contributed by atoms with van der Waals surface area (Å²) in [5, 5.41) is 0.500. The van der Waals surface area contributed by atoms with Crippen LogP contribution in [0.15, 0.2) is 18.7 Å². The summed E-state index contributed by atoms with van der Waals surface area (Å²) in [6.07, 6.45) is 8.71. The Kier molecular flexibility index (Phi) is 2.53. The van der Waals surface area contributed by atoms with Gasteiger partial charge in [0.2, 0.25) is 0 Å². The topological polar surface area (TPSA) is 39.9 Å². The molecule has 1 fully saturated rings. The number of rotatable bonds is 1. The summed E-state index contributed by atoms with van der Waals surface area (Å²) in [6.45, 7) is 0.815. The maximum atomic E-state index is 6.00. The standard InChI is InChI=1S/C11H12ClN3O/c12-11-8-5-13-6-9(8)15(7-14-11)10-3-1-2-4-16-10/h5-7,10H,1-4H2. The fourth-order valence-corrected chi connectivity index (χ4v) is 2.29. The van der Waals surface area contributed by atoms with Gasteiger partial charge in [0.05, 0.1) is 23.8 Å². The summed E-state index contributed by atoms with van der Waals surface area (Å²) in [7, 11) is 0. The maximum Gasteiger partial charge on any atom is 0.141 e. The molecule has 0 spiro atoms. The zero-order valence-electron chi connectivity index (χ0n) is 8.77. The zero-order chi connectivity index (χ0) is 11.0. The van der Waals surface area contributed by atoms with Crippen LogP contribution in [-0.2, 0) is 4.74 Å². The van der Waals surface area contributed by atoms with E-state index in [1.807, 2.05) is 4.57 Å². The van der Waals surface area contributed by atoms with Crippen molar-refractivity contribution in [2.45, 2.75) is 25.5 Å². The molecule has 0 aliphatic carbocycles. The van der Waals surface area contributed by atoms with Crippen molar-refractivity contribution in [2.24, 2.45) is 0 Å². The van der Waals surface area contributed by atoms with Crippen molar-refractivity contribution >= 4 is 11.6 Å². The molecule has 0 saturated carbocycles. The van der Waals surface area contributed by atoms with Gasteiger partial charge in [0.1, 0.15) is 11.4 Å². The Morgan fingerprint density at radius 2 is 2.31 bits per heavy atom. The molecular formula is C11H12ClN3O. The number of hydrogen-bond donors (Lipinski definition) is 0. The second-order valence-corrected chi connectivity index (χ2v) is 4.33. The van der Waals surface area contributed by atoms with Crippen LogP contribution in [0.5, 0.6) is 0 Å². The highest BCUT2D eigenvalue weighted by atomic mass is 35.5. The van der Waals surface area contributed by atoms with Crippen LogP contribution in [-0.4, -0.2) is 21.1 Å². The molecule has 0 amide bonds. The first-order valence-corrected chi connectivity index (χ1v) is 5.82. The summed E-state index contributed by atoms with van der Waals surface area (Å²) in [5.74, 6) is 0. The highest BCUT2D eigenvalue weighted by molar-refractivity contribution is 6.32. The van der Waals surface area contributed by atoms with E-state index in [2.05, 4.69) is 9.97 Å². The van der Waals surface area contributed by atoms with Gasteiger partial charge in [-0.3, -0.25) is 4.98 Å². The lowest BCUT2D eigenvalue weighted by Gasteiger charge is -2.26. The molecule has 0 aromatic heterocycles. The van der Waals surface area contributed by atoms with Crippen LogP contribution in [0.1, 0.15) is 25.5 Å². The van der Waals surface area contributed by atoms with E-state index in [1.165, 1.54) is 6.42 Å². The Bertz CT molecular complexity index is 465. The van der Waals surface area contributed by atoms with E-state index in [0.717, 1.165) is 30.7 Å². The number of fused-ring (bicyclic) bond motifs is 1. The predicted molar refractivity (Wildman–Crippen MR) is 60.5 cm³/mol. The lowest BCUT2D eigenvalue weighted by atomic mass is 10.1. The first-order chi connectivity index (χ1) is 7.86. The quantitative estimate of drug-likeness (QED) is 0.716. The summed E-state index contributed by atoms with van der Waals surface area (Å²) >= 11 is 6.00. The second-order valence-electron chi connectivity index (χ2n) is 3.97. The molecule has 1 atom stereocenters. The summed E-state index contributed by atoms with van der Waals surface area (Å²) in [5.41, 5.74) is 1.88. The Morgan fingerprint density at radius 3 is 3.12 bits per heavy atom. The van der Waals surface area contributed by atoms with Crippen LogP contribution in [0.3, 0.4) is 0 Å². The highest BCUT2D eigenvalue weighted by Crippen LogP contribution is 2.32. The van der Waals surface area contributed by atoms with Crippen molar-refractivity contribution in [3.8, 4) is 11.3 Å². The third-order valence-corrected chi connectivity index (χ3v) is 3.24. The Morgan fingerprint density at radius 1 is 1.38 bits per heavy atom. The highest BCUT2D eigenvalue weighted by Gasteiger charge is 2.21. The van der Waals surface area contributed by atoms with Gasteiger partial charge < -0.3 is 9.30 Å². The van der Waals surface area contributed by atoms with Crippen molar-refractivity contribution in [1.82, 2.24) is 14.5 Å². The van der Waals surface area contributed by atoms with E-state index >= 15 is 0 Å². The largest absolute Gasteiger partial charge is 0.358 e. The molecular weight excluding hydrogens is 226 g/mol. The number of nitrogens with zero attached hydrogens (tertiary/aromatic N) is 3. The molecule has 1 unspecified atom stereocenters. The molecule has 3 aliphatic rings. The summed E-state index contributed by atoms with van der Waals surface area (Å²) in [6, 6.07) is 0. The number of aromatic nitrogens is 3. The van der Waals surface area contributed by atoms with Gasteiger partial charge in [-0.05, 0) is 19.3 Å². The second kappa shape index (κ2) is 4.03. The van der Waals surface area contributed by atoms with Gasteiger partial charge in [0, 0.05) is 12.8 Å². The minimum absolute atomic E-state index is 0.0743. The van der Waals surface area contributed by atoms with Gasteiger partial charge in [0.15, 0.2) is 0 Å². The third-order valence-electron chi connectivity index (χ3n) is 2.94. The fourth-order valence-electron chi connectivity index (χ4n) is 2.10. The first-order valence-electron chi connectivity index (χ1n) is 5.44. The SMILES string of the molecule is Clc1ncn(C2CCCCO2)c2cncc1-2. The fraction of sp³-hybridized carbons (Fsp3) is 0.455. The van der Waals surface area contributed by atoms with Gasteiger partial charge in [-0.2, -0.15) is 0 Å². The Balaban J connectivity index is 2.03. The summed E-state index contributed by atoms with van der Waals surface area (Å²) < 4.78 is 7.75. The lowest BCUT2D eigenvalue weighted by Crippen LogP contribution is -2.20. The van der Waals surface area contributed by atoms with Gasteiger partial charge in [-0.1, -0.05) is 11.6 Å². The van der Waals surface area contributed by atoms with Gasteiger partial charge in [-0.15, -0.1) is 0 Å². The Labute approximate surface area is 98.6 Å². The molecule has 1 saturated heterocycles. The van der Waals surface area contributed by atoms with E-state index in [-0.39, 0.29) is 6.23 Å². The van der Waals surface area contributed by atoms with Crippen molar-refractivity contribution in [3.63, 3.8) is 0 Å². The van der Waals surface area contributed by atoms with E-state index in [4.69, 9.17) is 16.3 Å². The van der Waals surface area contributed by atoms with Gasteiger partial charge in [0.25, 0.3) is 0 Å². The predicted octanol–water partition coefficient (Wildman–Crippen LogP) is 2.74. The van der Waals surface area contributed by atoms with Crippen LogP contribution in [0.25, 0.3) is 11.3 Å². The molecule has 5 heteroatoms. The van der Waals surface area contributed by atoms with Crippen LogP contribution in [0.2, 0.25) is 5.15 Å². The maximum absolute atomic E-state index is 6.00. The van der Waals surface area contributed by atoms with Crippen molar-refractivity contribution < 1.29 is 4.74 Å². The van der Waals surface area contributed by atoms with Gasteiger partial charge in [-0.25, -0.2) is 4.98 Å². The molecule has 0 aromatic carbocycles. The Hall–Kier alpha value is -1.13. The zero-order valence-corrected chi connectivity index (χ0v) is 9.52. The minimum atomic E-state index is 0.0743. The average Bonchev–Trinajstić information content (AvgIpc) is 2.81. The smallest absolute Gasteiger partial charge is 0.141 e. The first kappa shape index (κ1) is 10.1. The summed E-state index contributed by atoms with van der Waals surface area (Å²) in [4.78, 5) is 8.28. The van der Waals surface area contributed by atoms with E-state index in [0.29, 0.717) is 5.15 Å². The molecule has 16 heavy (non-hydrogen) atoms. The molecule has 0 N–H and O–H groups in total. The number of hydrogen-bond acceptors (Lipinski definition) is 3. The van der Waals surface area contributed by atoms with Crippen LogP contribution >= 0.6 is 11.6 Å². The molecule has 0 aromatic rings. The molecule has 0 radical (unpaired) electrons. The van der Waals surface area contributed by atoms with E-state index in [9.17, 15) is 0 Å². The minimum Gasteiger partial charge on any atom is -0.358 e.